The second kappa shape index (κ2) is 3.32. The first-order valence-corrected chi connectivity index (χ1v) is 4.89. The molecule has 1 N–H and O–H groups in total. The molecule has 70 valence electrons. The Hall–Kier alpha value is -1.12. The van der Waals surface area contributed by atoms with Crippen molar-refractivity contribution in [2.75, 3.05) is 0 Å². The summed E-state index contributed by atoms with van der Waals surface area (Å²) < 4.78 is 0. The normalized spacial score (nSPS) is 17.0. The lowest BCUT2D eigenvalue weighted by molar-refractivity contribution is 0.112. The molecule has 2 rings (SSSR count). The summed E-state index contributed by atoms with van der Waals surface area (Å²) in [5.74, 6) is 0.539. The standard InChI is InChI=1S/C10H14N2O/c1-2-9-8(6-13)10(12-11-9)7-4-3-5-7/h6-7H,2-5H2,1H3,(H,11,12). The van der Waals surface area contributed by atoms with Crippen LogP contribution in [0.5, 0.6) is 0 Å². The van der Waals surface area contributed by atoms with Gasteiger partial charge in [0.2, 0.25) is 0 Å². The monoisotopic (exact) mass is 178 g/mol. The number of aldehydes is 1. The van der Waals surface area contributed by atoms with Crippen molar-refractivity contribution >= 4 is 6.29 Å². The number of aromatic nitrogens is 2. The third kappa shape index (κ3) is 1.28. The predicted molar refractivity (Wildman–Crippen MR) is 49.9 cm³/mol. The van der Waals surface area contributed by atoms with Gasteiger partial charge in [-0.1, -0.05) is 13.3 Å². The molecule has 0 saturated heterocycles. The predicted octanol–water partition coefficient (Wildman–Crippen LogP) is 2.05. The smallest absolute Gasteiger partial charge is 0.153 e. The molecule has 1 aromatic heterocycles. The second-order valence-corrected chi connectivity index (χ2v) is 3.60. The number of carbonyl (C=O) groups is 1. The summed E-state index contributed by atoms with van der Waals surface area (Å²) in [7, 11) is 0. The molecule has 1 fully saturated rings. The van der Waals surface area contributed by atoms with Crippen molar-refractivity contribution in [1.82, 2.24) is 10.2 Å². The van der Waals surface area contributed by atoms with Gasteiger partial charge in [-0.15, -0.1) is 0 Å². The fourth-order valence-electron chi connectivity index (χ4n) is 1.80. The van der Waals surface area contributed by atoms with Crippen molar-refractivity contribution in [3.05, 3.63) is 17.0 Å². The first kappa shape index (κ1) is 8.48. The molecule has 0 spiro atoms. The van der Waals surface area contributed by atoms with Crippen LogP contribution >= 0.6 is 0 Å². The van der Waals surface area contributed by atoms with Gasteiger partial charge in [0, 0.05) is 11.6 Å². The van der Waals surface area contributed by atoms with Crippen molar-refractivity contribution in [1.29, 1.82) is 0 Å². The molecule has 13 heavy (non-hydrogen) atoms. The molecule has 1 heterocycles. The van der Waals surface area contributed by atoms with Crippen LogP contribution in [0.25, 0.3) is 0 Å². The summed E-state index contributed by atoms with van der Waals surface area (Å²) in [6, 6.07) is 0. The maximum Gasteiger partial charge on any atom is 0.153 e. The van der Waals surface area contributed by atoms with Gasteiger partial charge in [-0.2, -0.15) is 5.10 Å². The minimum absolute atomic E-state index is 0.539. The van der Waals surface area contributed by atoms with Gasteiger partial charge in [0.15, 0.2) is 6.29 Å². The SMILES string of the molecule is CCc1[nH]nc(C2CCC2)c1C=O. The van der Waals surface area contributed by atoms with E-state index in [0.29, 0.717) is 5.92 Å². The number of hydrogen-bond donors (Lipinski definition) is 1. The topological polar surface area (TPSA) is 45.8 Å². The van der Waals surface area contributed by atoms with E-state index in [-0.39, 0.29) is 0 Å². The van der Waals surface area contributed by atoms with Crippen molar-refractivity contribution in [3.8, 4) is 0 Å². The number of nitrogens with zero attached hydrogens (tertiary/aromatic N) is 1. The molecule has 3 heteroatoms. The van der Waals surface area contributed by atoms with Crippen LogP contribution in [0.15, 0.2) is 0 Å². The van der Waals surface area contributed by atoms with Crippen LogP contribution in [0.4, 0.5) is 0 Å². The van der Waals surface area contributed by atoms with E-state index in [4.69, 9.17) is 0 Å². The average molecular weight is 178 g/mol. The van der Waals surface area contributed by atoms with Gasteiger partial charge in [-0.05, 0) is 19.3 Å². The molecule has 1 aliphatic rings. The van der Waals surface area contributed by atoms with Gasteiger partial charge in [-0.3, -0.25) is 9.89 Å². The van der Waals surface area contributed by atoms with E-state index < -0.39 is 0 Å². The molecule has 0 unspecified atom stereocenters. The molecule has 0 amide bonds. The van der Waals surface area contributed by atoms with Crippen LogP contribution in [-0.2, 0) is 6.42 Å². The fraction of sp³-hybridized carbons (Fsp3) is 0.600. The Kier molecular flexibility index (Phi) is 2.17. The van der Waals surface area contributed by atoms with Crippen molar-refractivity contribution < 1.29 is 4.79 Å². The Labute approximate surface area is 77.5 Å². The third-order valence-electron chi connectivity index (χ3n) is 2.88. The number of rotatable bonds is 3. The van der Waals surface area contributed by atoms with E-state index in [2.05, 4.69) is 10.2 Å². The summed E-state index contributed by atoms with van der Waals surface area (Å²) in [5, 5.41) is 7.17. The van der Waals surface area contributed by atoms with E-state index in [9.17, 15) is 4.79 Å². The van der Waals surface area contributed by atoms with Gasteiger partial charge >= 0.3 is 0 Å². The number of aromatic amines is 1. The quantitative estimate of drug-likeness (QED) is 0.720. The largest absolute Gasteiger partial charge is 0.298 e. The Bertz CT molecular complexity index is 313. The number of hydrogen-bond acceptors (Lipinski definition) is 2. The lowest BCUT2D eigenvalue weighted by atomic mass is 9.81. The maximum atomic E-state index is 10.9. The zero-order chi connectivity index (χ0) is 9.26. The van der Waals surface area contributed by atoms with E-state index in [1.54, 1.807) is 0 Å². The highest BCUT2D eigenvalue weighted by molar-refractivity contribution is 5.78. The van der Waals surface area contributed by atoms with Crippen LogP contribution < -0.4 is 0 Å². The minimum atomic E-state index is 0.539. The van der Waals surface area contributed by atoms with Gasteiger partial charge in [0.05, 0.1) is 11.3 Å². The summed E-state index contributed by atoms with van der Waals surface area (Å²) in [6.45, 7) is 2.03. The lowest BCUT2D eigenvalue weighted by Gasteiger charge is -2.23. The molecule has 1 aliphatic carbocycles. The molecule has 0 atom stereocenters. The Balaban J connectivity index is 2.33. The van der Waals surface area contributed by atoms with Crippen LogP contribution in [0.2, 0.25) is 0 Å². The highest BCUT2D eigenvalue weighted by Gasteiger charge is 2.25. The van der Waals surface area contributed by atoms with E-state index in [1.807, 2.05) is 6.92 Å². The molecule has 0 aliphatic heterocycles. The fourth-order valence-corrected chi connectivity index (χ4v) is 1.80. The molecule has 1 saturated carbocycles. The van der Waals surface area contributed by atoms with Gasteiger partial charge in [0.1, 0.15) is 0 Å². The van der Waals surface area contributed by atoms with Gasteiger partial charge in [-0.25, -0.2) is 0 Å². The molecule has 0 radical (unpaired) electrons. The second-order valence-electron chi connectivity index (χ2n) is 3.60. The third-order valence-corrected chi connectivity index (χ3v) is 2.88. The number of nitrogens with one attached hydrogen (secondary N) is 1. The molecule has 0 bridgehead atoms. The van der Waals surface area contributed by atoms with Gasteiger partial charge < -0.3 is 0 Å². The van der Waals surface area contributed by atoms with Crippen molar-refractivity contribution in [2.45, 2.75) is 38.5 Å². The van der Waals surface area contributed by atoms with Crippen LogP contribution in [-0.4, -0.2) is 16.5 Å². The van der Waals surface area contributed by atoms with E-state index >= 15 is 0 Å². The summed E-state index contributed by atoms with van der Waals surface area (Å²) in [5.41, 5.74) is 2.79. The summed E-state index contributed by atoms with van der Waals surface area (Å²) in [4.78, 5) is 10.9. The Morgan fingerprint density at radius 1 is 1.62 bits per heavy atom. The first-order chi connectivity index (χ1) is 6.36. The zero-order valence-corrected chi connectivity index (χ0v) is 7.84. The number of aryl methyl sites for hydroxylation is 1. The first-order valence-electron chi connectivity index (χ1n) is 4.89. The molecular formula is C10H14N2O. The van der Waals surface area contributed by atoms with Crippen molar-refractivity contribution in [2.24, 2.45) is 0 Å². The maximum absolute atomic E-state index is 10.9. The summed E-state index contributed by atoms with van der Waals surface area (Å²) in [6.07, 6.45) is 5.45. The molecule has 1 aromatic rings. The van der Waals surface area contributed by atoms with Crippen molar-refractivity contribution in [3.63, 3.8) is 0 Å². The average Bonchev–Trinajstić information content (AvgIpc) is 2.44. The van der Waals surface area contributed by atoms with Crippen LogP contribution in [0.1, 0.15) is 53.8 Å². The molecule has 0 aromatic carbocycles. The number of H-pyrrole nitrogens is 1. The zero-order valence-electron chi connectivity index (χ0n) is 7.84. The highest BCUT2D eigenvalue weighted by Crippen LogP contribution is 2.37. The highest BCUT2D eigenvalue weighted by atomic mass is 16.1. The van der Waals surface area contributed by atoms with Crippen LogP contribution in [0, 0.1) is 0 Å². The molecule has 3 nitrogen and oxygen atoms in total. The van der Waals surface area contributed by atoms with Gasteiger partial charge in [0.25, 0.3) is 0 Å². The Morgan fingerprint density at radius 2 is 2.38 bits per heavy atom. The number of carbonyl (C=O) groups excluding carboxylic acids is 1. The van der Waals surface area contributed by atoms with E-state index in [0.717, 1.165) is 29.7 Å². The molecular weight excluding hydrogens is 164 g/mol. The summed E-state index contributed by atoms with van der Waals surface area (Å²) >= 11 is 0. The lowest BCUT2D eigenvalue weighted by Crippen LogP contribution is -2.11. The Morgan fingerprint density at radius 3 is 2.85 bits per heavy atom. The van der Waals surface area contributed by atoms with Crippen LogP contribution in [0.3, 0.4) is 0 Å². The minimum Gasteiger partial charge on any atom is -0.298 e. The van der Waals surface area contributed by atoms with E-state index in [1.165, 1.54) is 19.3 Å².